The first-order valence-corrected chi connectivity index (χ1v) is 7.36. The predicted molar refractivity (Wildman–Crippen MR) is 80.4 cm³/mol. The van der Waals surface area contributed by atoms with Crippen molar-refractivity contribution >= 4 is 23.0 Å². The molecule has 0 spiro atoms. The molecule has 2 N–H and O–H groups in total. The van der Waals surface area contributed by atoms with Gasteiger partial charge in [0.25, 0.3) is 0 Å². The number of rotatable bonds is 3. The molecule has 2 heterocycles. The lowest BCUT2D eigenvalue weighted by atomic mass is 9.94. The molecule has 0 atom stereocenters. The number of hydrogen-bond donors (Lipinski definition) is 1. The van der Waals surface area contributed by atoms with Gasteiger partial charge in [-0.25, -0.2) is 4.98 Å². The van der Waals surface area contributed by atoms with Gasteiger partial charge in [0, 0.05) is 13.1 Å². The highest BCUT2D eigenvalue weighted by Gasteiger charge is 2.34. The zero-order chi connectivity index (χ0) is 15.6. The molecule has 3 nitrogen and oxygen atoms in total. The van der Waals surface area contributed by atoms with Crippen LogP contribution in [0, 0.1) is 5.92 Å². The quantitative estimate of drug-likeness (QED) is 0.868. The monoisotopic (exact) mass is 317 g/mol. The fraction of sp³-hybridized carbons (Fsp3) is 0.571. The van der Waals surface area contributed by atoms with Crippen molar-refractivity contribution in [3.63, 3.8) is 0 Å². The molecule has 0 aliphatic carbocycles. The molecule has 0 unspecified atom stereocenters. The number of thiocarbonyl (C=S) groups is 1. The van der Waals surface area contributed by atoms with Crippen molar-refractivity contribution in [3.05, 3.63) is 23.4 Å². The summed E-state index contributed by atoms with van der Waals surface area (Å²) in [5.74, 6) is 0.882. The molecule has 2 rings (SSSR count). The lowest BCUT2D eigenvalue weighted by Crippen LogP contribution is -2.36. The van der Waals surface area contributed by atoms with Crippen LogP contribution in [0.4, 0.5) is 19.0 Å². The standard InChI is InChI=1S/C14H18F3N3S/c1-2-9-5-7-20(8-6-9)13-10(12(18)21)3-4-11(19-13)14(15,16)17/h3-4,9H,2,5-8H2,1H3,(H2,18,21). The highest BCUT2D eigenvalue weighted by atomic mass is 32.1. The normalized spacial score (nSPS) is 17.0. The van der Waals surface area contributed by atoms with E-state index in [4.69, 9.17) is 18.0 Å². The minimum atomic E-state index is -4.47. The number of alkyl halides is 3. The summed E-state index contributed by atoms with van der Waals surface area (Å²) in [6.45, 7) is 3.49. The van der Waals surface area contributed by atoms with E-state index in [1.54, 1.807) is 0 Å². The topological polar surface area (TPSA) is 42.2 Å². The number of pyridine rings is 1. The summed E-state index contributed by atoms with van der Waals surface area (Å²) in [6, 6.07) is 2.25. The van der Waals surface area contributed by atoms with Crippen LogP contribution in [0.25, 0.3) is 0 Å². The van der Waals surface area contributed by atoms with E-state index >= 15 is 0 Å². The van der Waals surface area contributed by atoms with Crippen molar-refractivity contribution < 1.29 is 13.2 Å². The number of halogens is 3. The first-order chi connectivity index (χ1) is 9.82. The molecule has 1 saturated heterocycles. The van der Waals surface area contributed by atoms with Crippen LogP contribution in [0.5, 0.6) is 0 Å². The van der Waals surface area contributed by atoms with Gasteiger partial charge in [0.05, 0.1) is 5.56 Å². The molecule has 7 heteroatoms. The molecule has 0 radical (unpaired) electrons. The van der Waals surface area contributed by atoms with Crippen LogP contribution < -0.4 is 10.6 Å². The lowest BCUT2D eigenvalue weighted by Gasteiger charge is -2.33. The molecule has 0 amide bonds. The molecular formula is C14H18F3N3S. The third-order valence-corrected chi connectivity index (χ3v) is 4.14. The molecule has 0 bridgehead atoms. The molecular weight excluding hydrogens is 299 g/mol. The van der Waals surface area contributed by atoms with Gasteiger partial charge in [0.15, 0.2) is 0 Å². The number of anilines is 1. The van der Waals surface area contributed by atoms with Crippen molar-refractivity contribution in [2.45, 2.75) is 32.4 Å². The minimum Gasteiger partial charge on any atom is -0.389 e. The van der Waals surface area contributed by atoms with Gasteiger partial charge in [-0.3, -0.25) is 0 Å². The Morgan fingerprint density at radius 3 is 2.48 bits per heavy atom. The van der Waals surface area contributed by atoms with Gasteiger partial charge in [-0.05, 0) is 30.9 Å². The summed E-state index contributed by atoms with van der Waals surface area (Å²) in [5.41, 5.74) is 5.12. The average molecular weight is 317 g/mol. The van der Waals surface area contributed by atoms with Crippen molar-refractivity contribution in [3.8, 4) is 0 Å². The Labute approximate surface area is 127 Å². The van der Waals surface area contributed by atoms with Gasteiger partial charge in [-0.1, -0.05) is 25.6 Å². The highest BCUT2D eigenvalue weighted by Crippen LogP contribution is 2.32. The van der Waals surface area contributed by atoms with Crippen LogP contribution in [0.2, 0.25) is 0 Å². The van der Waals surface area contributed by atoms with Crippen LogP contribution in [0.3, 0.4) is 0 Å². The second-order valence-corrected chi connectivity index (χ2v) is 5.71. The first kappa shape index (κ1) is 16.0. The second-order valence-electron chi connectivity index (χ2n) is 5.27. The Hall–Kier alpha value is -1.37. The third kappa shape index (κ3) is 3.64. The van der Waals surface area contributed by atoms with E-state index in [1.807, 2.05) is 4.90 Å². The third-order valence-electron chi connectivity index (χ3n) is 3.92. The van der Waals surface area contributed by atoms with Gasteiger partial charge in [-0.2, -0.15) is 13.2 Å². The van der Waals surface area contributed by atoms with Crippen molar-refractivity contribution in [2.75, 3.05) is 18.0 Å². The van der Waals surface area contributed by atoms with E-state index in [2.05, 4.69) is 11.9 Å². The zero-order valence-electron chi connectivity index (χ0n) is 11.8. The Balaban J connectivity index is 2.33. The van der Waals surface area contributed by atoms with E-state index in [0.717, 1.165) is 25.3 Å². The largest absolute Gasteiger partial charge is 0.433 e. The maximum atomic E-state index is 12.8. The molecule has 1 fully saturated rings. The minimum absolute atomic E-state index is 0.0730. The molecule has 0 aromatic carbocycles. The maximum absolute atomic E-state index is 12.8. The number of hydrogen-bond acceptors (Lipinski definition) is 3. The molecule has 0 saturated carbocycles. The van der Waals surface area contributed by atoms with Gasteiger partial charge in [-0.15, -0.1) is 0 Å². The van der Waals surface area contributed by atoms with Crippen LogP contribution in [0.1, 0.15) is 37.4 Å². The SMILES string of the molecule is CCC1CCN(c2nc(C(F)(F)F)ccc2C(N)=S)CC1. The summed E-state index contributed by atoms with van der Waals surface area (Å²) < 4.78 is 38.5. The maximum Gasteiger partial charge on any atom is 0.433 e. The van der Waals surface area contributed by atoms with Crippen molar-refractivity contribution in [1.82, 2.24) is 4.98 Å². The van der Waals surface area contributed by atoms with Gasteiger partial charge < -0.3 is 10.6 Å². The zero-order valence-corrected chi connectivity index (χ0v) is 12.6. The highest BCUT2D eigenvalue weighted by molar-refractivity contribution is 7.80. The Bertz CT molecular complexity index is 523. The molecule has 116 valence electrons. The van der Waals surface area contributed by atoms with E-state index < -0.39 is 11.9 Å². The van der Waals surface area contributed by atoms with E-state index in [1.165, 1.54) is 6.07 Å². The van der Waals surface area contributed by atoms with Crippen LogP contribution >= 0.6 is 12.2 Å². The Kier molecular flexibility index (Phi) is 4.70. The Morgan fingerprint density at radius 2 is 2.00 bits per heavy atom. The Morgan fingerprint density at radius 1 is 1.38 bits per heavy atom. The van der Waals surface area contributed by atoms with Crippen LogP contribution in [-0.2, 0) is 6.18 Å². The van der Waals surface area contributed by atoms with Crippen LogP contribution in [-0.4, -0.2) is 23.1 Å². The second kappa shape index (κ2) is 6.17. The smallest absolute Gasteiger partial charge is 0.389 e. The number of piperidine rings is 1. The van der Waals surface area contributed by atoms with E-state index in [9.17, 15) is 13.2 Å². The summed E-state index contributed by atoms with van der Waals surface area (Å²) in [5, 5.41) is 0. The van der Waals surface area contributed by atoms with Gasteiger partial charge >= 0.3 is 6.18 Å². The lowest BCUT2D eigenvalue weighted by molar-refractivity contribution is -0.141. The molecule has 21 heavy (non-hydrogen) atoms. The first-order valence-electron chi connectivity index (χ1n) is 6.96. The number of nitrogens with zero attached hydrogens (tertiary/aromatic N) is 2. The molecule has 1 aliphatic heterocycles. The molecule has 1 aromatic heterocycles. The predicted octanol–water partition coefficient (Wildman–Crippen LogP) is 3.36. The van der Waals surface area contributed by atoms with Gasteiger partial charge in [0.2, 0.25) is 0 Å². The van der Waals surface area contributed by atoms with Crippen molar-refractivity contribution in [2.24, 2.45) is 11.7 Å². The summed E-state index contributed by atoms with van der Waals surface area (Å²) in [7, 11) is 0. The number of aromatic nitrogens is 1. The molecule has 1 aromatic rings. The van der Waals surface area contributed by atoms with E-state index in [0.29, 0.717) is 24.6 Å². The fourth-order valence-electron chi connectivity index (χ4n) is 2.59. The number of nitrogens with two attached hydrogens (primary N) is 1. The summed E-state index contributed by atoms with van der Waals surface area (Å²) in [6.07, 6.45) is -1.48. The summed E-state index contributed by atoms with van der Waals surface area (Å²) in [4.78, 5) is 5.70. The summed E-state index contributed by atoms with van der Waals surface area (Å²) >= 11 is 4.93. The van der Waals surface area contributed by atoms with Crippen LogP contribution in [0.15, 0.2) is 12.1 Å². The van der Waals surface area contributed by atoms with Crippen molar-refractivity contribution in [1.29, 1.82) is 0 Å². The fourth-order valence-corrected chi connectivity index (χ4v) is 2.75. The van der Waals surface area contributed by atoms with E-state index in [-0.39, 0.29) is 10.8 Å². The average Bonchev–Trinajstić information content (AvgIpc) is 2.45. The van der Waals surface area contributed by atoms with Gasteiger partial charge in [0.1, 0.15) is 16.5 Å². The molecule has 1 aliphatic rings.